The Balaban J connectivity index is 1.51. The highest BCUT2D eigenvalue weighted by Crippen LogP contribution is 2.47. The first-order chi connectivity index (χ1) is 22.8. The molecule has 1 saturated carbocycles. The number of hydrogen-bond acceptors (Lipinski definition) is 7. The van der Waals surface area contributed by atoms with Gasteiger partial charge in [0.25, 0.3) is 0 Å². The fraction of sp³-hybridized carbons (Fsp3) is 0.324. The number of hydrogen-bond donors (Lipinski definition) is 1. The molecule has 6 rings (SSSR count). The van der Waals surface area contributed by atoms with Crippen LogP contribution in [0.1, 0.15) is 47.3 Å². The van der Waals surface area contributed by atoms with Gasteiger partial charge in [0.2, 0.25) is 10.0 Å². The number of benzene rings is 3. The van der Waals surface area contributed by atoms with Crippen molar-refractivity contribution in [3.8, 4) is 21.9 Å². The van der Waals surface area contributed by atoms with Crippen molar-refractivity contribution < 1.29 is 45.4 Å². The lowest BCUT2D eigenvalue weighted by Crippen LogP contribution is -2.46. The van der Waals surface area contributed by atoms with Crippen LogP contribution in [0.25, 0.3) is 10.4 Å². The number of sulfonamides is 1. The second kappa shape index (κ2) is 13.4. The van der Waals surface area contributed by atoms with Gasteiger partial charge < -0.3 is 19.5 Å². The van der Waals surface area contributed by atoms with E-state index in [4.69, 9.17) is 4.74 Å². The number of ether oxygens (including phenoxy) is 2. The summed E-state index contributed by atoms with van der Waals surface area (Å²) in [5.41, 5.74) is 1.46. The van der Waals surface area contributed by atoms with Gasteiger partial charge in [-0.2, -0.15) is 4.31 Å². The molecule has 1 fully saturated rings. The fourth-order valence-electron chi connectivity index (χ4n) is 6.47. The Morgan fingerprint density at radius 1 is 1.00 bits per heavy atom. The Bertz CT molecular complexity index is 1910. The van der Waals surface area contributed by atoms with Gasteiger partial charge in [-0.1, -0.05) is 49.6 Å². The summed E-state index contributed by atoms with van der Waals surface area (Å²) in [6.45, 7) is 0.0764. The highest BCUT2D eigenvalue weighted by molar-refractivity contribution is 7.89. The Morgan fingerprint density at radius 2 is 1.73 bits per heavy atom. The highest BCUT2D eigenvalue weighted by atomic mass is 32.2. The summed E-state index contributed by atoms with van der Waals surface area (Å²) >= 11 is 0.621. The molecule has 254 valence electrons. The molecule has 0 saturated heterocycles. The molecular formula is C34H32F4N2O6S2. The van der Waals surface area contributed by atoms with E-state index in [1.165, 1.54) is 28.6 Å². The van der Waals surface area contributed by atoms with Crippen molar-refractivity contribution in [2.45, 2.75) is 56.0 Å². The van der Waals surface area contributed by atoms with Crippen molar-refractivity contribution >= 4 is 38.7 Å². The second-order valence-electron chi connectivity index (χ2n) is 11.8. The van der Waals surface area contributed by atoms with E-state index in [1.807, 2.05) is 35.2 Å². The third kappa shape index (κ3) is 7.01. The molecule has 0 spiro atoms. The predicted octanol–water partition coefficient (Wildman–Crippen LogP) is 8.45. The first kappa shape index (κ1) is 33.7. The van der Waals surface area contributed by atoms with Gasteiger partial charge in [-0.15, -0.1) is 24.5 Å². The molecule has 1 aliphatic carbocycles. The average Bonchev–Trinajstić information content (AvgIpc) is 3.42. The van der Waals surface area contributed by atoms with Gasteiger partial charge >= 0.3 is 12.3 Å². The van der Waals surface area contributed by atoms with E-state index in [-0.39, 0.29) is 39.7 Å². The Morgan fingerprint density at radius 3 is 2.40 bits per heavy atom. The summed E-state index contributed by atoms with van der Waals surface area (Å²) in [6.07, 6.45) is -0.0441. The number of rotatable bonds is 8. The number of thiophene rings is 1. The summed E-state index contributed by atoms with van der Waals surface area (Å²) in [5, 5.41) is 9.55. The summed E-state index contributed by atoms with van der Waals surface area (Å²) in [6, 6.07) is 18.0. The molecule has 48 heavy (non-hydrogen) atoms. The standard InChI is InChI=1S/C34H32F4N2O6S2/c1-39-28(22-10-4-2-5-11-22)19-40(23-12-6-3-7-13-23)27-18-29(45-20-21-9-8-14-24(15-21)46-34(36,37)38)25(16-31(27)48(39,43)44)30-17-26(35)32(47-30)33(41)42/h3,6-9,12-18,22,28H,2,4-5,10-11,19-20H2,1H3,(H,41,42)/t28-/m0/s1. The van der Waals surface area contributed by atoms with Gasteiger partial charge in [0, 0.05) is 41.8 Å². The van der Waals surface area contributed by atoms with Crippen molar-refractivity contribution in [1.29, 1.82) is 0 Å². The molecule has 2 heterocycles. The van der Waals surface area contributed by atoms with E-state index in [0.717, 1.165) is 56.0 Å². The summed E-state index contributed by atoms with van der Waals surface area (Å²) in [4.78, 5) is 13.1. The maximum Gasteiger partial charge on any atom is 0.573 e. The van der Waals surface area contributed by atoms with Crippen molar-refractivity contribution in [3.05, 3.63) is 89.1 Å². The molecule has 2 aliphatic rings. The number of aromatic carboxylic acids is 1. The van der Waals surface area contributed by atoms with Crippen LogP contribution in [0.2, 0.25) is 0 Å². The Hall–Kier alpha value is -4.14. The minimum absolute atomic E-state index is 0.0687. The normalized spacial score (nSPS) is 18.6. The van der Waals surface area contributed by atoms with Crippen LogP contribution in [-0.2, 0) is 16.6 Å². The van der Waals surface area contributed by atoms with Crippen molar-refractivity contribution in [2.75, 3.05) is 18.5 Å². The van der Waals surface area contributed by atoms with Crippen LogP contribution < -0.4 is 14.4 Å². The van der Waals surface area contributed by atoms with E-state index < -0.39 is 38.8 Å². The van der Waals surface area contributed by atoms with E-state index in [2.05, 4.69) is 4.74 Å². The SMILES string of the molecule is CN1[C@H](C2CCCCC2)CN(c2ccccc2)c2cc(OCc3cccc(OC(F)(F)F)c3)c(-c3cc(F)c(C(=O)O)s3)cc2S1(=O)=O. The fourth-order valence-corrected chi connectivity index (χ4v) is 8.97. The van der Waals surface area contributed by atoms with Gasteiger partial charge in [0.1, 0.15) is 33.7 Å². The van der Waals surface area contributed by atoms with E-state index >= 15 is 0 Å². The maximum atomic E-state index is 14.8. The van der Waals surface area contributed by atoms with Gasteiger partial charge in [-0.3, -0.25) is 0 Å². The minimum Gasteiger partial charge on any atom is -0.488 e. The largest absolute Gasteiger partial charge is 0.573 e. The molecule has 14 heteroatoms. The first-order valence-corrected chi connectivity index (χ1v) is 17.6. The van der Waals surface area contributed by atoms with Crippen molar-refractivity contribution in [3.63, 3.8) is 0 Å². The van der Waals surface area contributed by atoms with Crippen LogP contribution in [-0.4, -0.2) is 49.8 Å². The van der Waals surface area contributed by atoms with Crippen LogP contribution in [0.5, 0.6) is 11.5 Å². The maximum absolute atomic E-state index is 14.8. The number of carbonyl (C=O) groups is 1. The smallest absolute Gasteiger partial charge is 0.488 e. The number of para-hydroxylation sites is 1. The molecule has 1 aromatic heterocycles. The van der Waals surface area contributed by atoms with Gasteiger partial charge in [-0.05, 0) is 60.7 Å². The molecule has 1 N–H and O–H groups in total. The van der Waals surface area contributed by atoms with Crippen LogP contribution >= 0.6 is 11.3 Å². The van der Waals surface area contributed by atoms with Crippen molar-refractivity contribution in [2.24, 2.45) is 5.92 Å². The number of anilines is 2. The number of nitrogens with zero attached hydrogens (tertiary/aromatic N) is 2. The lowest BCUT2D eigenvalue weighted by Gasteiger charge is -2.36. The zero-order chi connectivity index (χ0) is 34.2. The molecule has 1 atom stereocenters. The summed E-state index contributed by atoms with van der Waals surface area (Å²) < 4.78 is 94.0. The molecule has 0 radical (unpaired) electrons. The van der Waals surface area contributed by atoms with Gasteiger partial charge in [-0.25, -0.2) is 17.6 Å². The third-order valence-electron chi connectivity index (χ3n) is 8.78. The topological polar surface area (TPSA) is 96.4 Å². The zero-order valence-electron chi connectivity index (χ0n) is 25.7. The Labute approximate surface area is 279 Å². The zero-order valence-corrected chi connectivity index (χ0v) is 27.4. The lowest BCUT2D eigenvalue weighted by molar-refractivity contribution is -0.274. The lowest BCUT2D eigenvalue weighted by atomic mass is 9.83. The first-order valence-electron chi connectivity index (χ1n) is 15.3. The molecule has 8 nitrogen and oxygen atoms in total. The number of likely N-dealkylation sites (N-methyl/N-ethyl adjacent to an activating group) is 1. The molecule has 1 aliphatic heterocycles. The molecule has 0 bridgehead atoms. The van der Waals surface area contributed by atoms with E-state index in [1.54, 1.807) is 7.05 Å². The molecule has 3 aromatic carbocycles. The summed E-state index contributed by atoms with van der Waals surface area (Å²) in [7, 11) is -2.58. The molecule has 0 amide bonds. The number of alkyl halides is 3. The second-order valence-corrected chi connectivity index (χ2v) is 14.8. The Kier molecular flexibility index (Phi) is 9.42. The quantitative estimate of drug-likeness (QED) is 0.184. The van der Waals surface area contributed by atoms with Crippen molar-refractivity contribution in [1.82, 2.24) is 4.31 Å². The van der Waals surface area contributed by atoms with Crippen LogP contribution in [0.3, 0.4) is 0 Å². The molecule has 0 unspecified atom stereocenters. The van der Waals surface area contributed by atoms with Gasteiger partial charge in [0.05, 0.1) is 5.69 Å². The number of carboxylic acids is 1. The third-order valence-corrected chi connectivity index (χ3v) is 11.8. The highest BCUT2D eigenvalue weighted by Gasteiger charge is 2.41. The van der Waals surface area contributed by atoms with Crippen LogP contribution in [0.15, 0.2) is 77.7 Å². The predicted molar refractivity (Wildman–Crippen MR) is 173 cm³/mol. The van der Waals surface area contributed by atoms with Gasteiger partial charge in [0.15, 0.2) is 0 Å². The number of fused-ring (bicyclic) bond motifs is 1. The average molecular weight is 705 g/mol. The molecular weight excluding hydrogens is 673 g/mol. The van der Waals surface area contributed by atoms with E-state index in [9.17, 15) is 35.9 Å². The van der Waals surface area contributed by atoms with Crippen LogP contribution in [0, 0.1) is 11.7 Å². The monoisotopic (exact) mass is 704 g/mol. The number of carboxylic acid groups (broad SMARTS) is 1. The van der Waals surface area contributed by atoms with Crippen LogP contribution in [0.4, 0.5) is 28.9 Å². The minimum atomic E-state index is -4.90. The summed E-state index contributed by atoms with van der Waals surface area (Å²) in [5.74, 6) is -2.73. The number of halogens is 4. The van der Waals surface area contributed by atoms with E-state index in [0.29, 0.717) is 29.1 Å². The molecule has 4 aromatic rings.